The van der Waals surface area contributed by atoms with Gasteiger partial charge in [-0.25, -0.2) is 0 Å². The molecule has 1 aliphatic carbocycles. The normalized spacial score (nSPS) is 18.8. The van der Waals surface area contributed by atoms with Crippen LogP contribution in [0.5, 0.6) is 5.75 Å². The first kappa shape index (κ1) is 20.8. The van der Waals surface area contributed by atoms with Crippen LogP contribution in [0.4, 0.5) is 0 Å². The number of carbonyl (C=O) groups excluding carboxylic acids is 1. The van der Waals surface area contributed by atoms with Crippen molar-refractivity contribution in [1.82, 2.24) is 15.1 Å². The lowest BCUT2D eigenvalue weighted by Gasteiger charge is -2.36. The molecule has 1 amide bonds. The number of carbonyl (C=O) groups is 1. The van der Waals surface area contributed by atoms with Gasteiger partial charge < -0.3 is 9.64 Å². The van der Waals surface area contributed by atoms with Gasteiger partial charge in [-0.15, -0.1) is 0 Å². The zero-order valence-electron chi connectivity index (χ0n) is 18.9. The number of H-pyrrole nitrogens is 1. The molecule has 3 aromatic rings. The molecule has 0 saturated heterocycles. The molecule has 1 saturated carbocycles. The van der Waals surface area contributed by atoms with Crippen LogP contribution in [-0.2, 0) is 0 Å². The van der Waals surface area contributed by atoms with Gasteiger partial charge in [-0.1, -0.05) is 68.1 Å². The van der Waals surface area contributed by atoms with E-state index in [4.69, 9.17) is 4.74 Å². The van der Waals surface area contributed by atoms with Crippen LogP contribution in [0.1, 0.15) is 78.7 Å². The fourth-order valence-corrected chi connectivity index (χ4v) is 5.15. The first-order valence-electron chi connectivity index (χ1n) is 11.9. The molecule has 2 aromatic carbocycles. The molecule has 1 aromatic heterocycles. The van der Waals surface area contributed by atoms with Crippen molar-refractivity contribution in [3.8, 4) is 17.0 Å². The van der Waals surface area contributed by atoms with Crippen molar-refractivity contribution in [2.75, 3.05) is 6.61 Å². The Morgan fingerprint density at radius 3 is 2.62 bits per heavy atom. The number of hydrogen-bond acceptors (Lipinski definition) is 3. The summed E-state index contributed by atoms with van der Waals surface area (Å²) >= 11 is 0. The summed E-state index contributed by atoms with van der Waals surface area (Å²) in [6.45, 7) is 4.87. The highest BCUT2D eigenvalue weighted by Crippen LogP contribution is 2.46. The molecule has 1 unspecified atom stereocenters. The molecule has 1 N–H and O–H groups in total. The Morgan fingerprint density at radius 1 is 1.09 bits per heavy atom. The van der Waals surface area contributed by atoms with Gasteiger partial charge in [0.25, 0.3) is 5.91 Å². The number of fused-ring (bicyclic) bond motifs is 1. The Morgan fingerprint density at radius 2 is 1.88 bits per heavy atom. The minimum Gasteiger partial charge on any atom is -0.494 e. The molecular formula is C27H31N3O2. The number of hydrogen-bond donors (Lipinski definition) is 1. The van der Waals surface area contributed by atoms with E-state index in [1.165, 1.54) is 24.8 Å². The quantitative estimate of drug-likeness (QED) is 0.519. The van der Waals surface area contributed by atoms with Gasteiger partial charge in [0, 0.05) is 17.2 Å². The summed E-state index contributed by atoms with van der Waals surface area (Å²) in [5.41, 5.74) is 5.84. The highest BCUT2D eigenvalue weighted by molar-refractivity contribution is 6.00. The fourth-order valence-electron chi connectivity index (χ4n) is 5.15. The molecule has 32 heavy (non-hydrogen) atoms. The minimum absolute atomic E-state index is 0.0719. The maximum absolute atomic E-state index is 13.7. The monoisotopic (exact) mass is 429 g/mol. The molecule has 2 aliphatic rings. The molecule has 1 atom stereocenters. The number of amides is 1. The SMILES string of the molecule is CCCOc1cccc(C2c3c(-c4ccc(C)cc4)n[nH]c3C(=O)N2C2CCCCC2)c1. The number of benzene rings is 2. The van der Waals surface area contributed by atoms with Crippen LogP contribution in [0.2, 0.25) is 0 Å². The Balaban J connectivity index is 1.62. The lowest BCUT2D eigenvalue weighted by molar-refractivity contribution is 0.0606. The summed E-state index contributed by atoms with van der Waals surface area (Å²) < 4.78 is 5.93. The zero-order valence-corrected chi connectivity index (χ0v) is 18.9. The summed E-state index contributed by atoms with van der Waals surface area (Å²) in [4.78, 5) is 15.8. The number of aromatic amines is 1. The molecule has 1 fully saturated rings. The molecule has 5 rings (SSSR count). The first-order chi connectivity index (χ1) is 15.7. The summed E-state index contributed by atoms with van der Waals surface area (Å²) in [6.07, 6.45) is 6.70. The van der Waals surface area contributed by atoms with Gasteiger partial charge in [0.15, 0.2) is 0 Å². The summed E-state index contributed by atoms with van der Waals surface area (Å²) in [7, 11) is 0. The van der Waals surface area contributed by atoms with Crippen molar-refractivity contribution in [1.29, 1.82) is 0 Å². The molecule has 5 nitrogen and oxygen atoms in total. The van der Waals surface area contributed by atoms with Crippen LogP contribution in [-0.4, -0.2) is 33.7 Å². The molecule has 1 aliphatic heterocycles. The van der Waals surface area contributed by atoms with Gasteiger partial charge in [-0.3, -0.25) is 9.89 Å². The van der Waals surface area contributed by atoms with Crippen LogP contribution < -0.4 is 4.74 Å². The number of aryl methyl sites for hydroxylation is 1. The molecule has 2 heterocycles. The predicted molar refractivity (Wildman–Crippen MR) is 126 cm³/mol. The lowest BCUT2D eigenvalue weighted by Crippen LogP contribution is -2.40. The average molecular weight is 430 g/mol. The topological polar surface area (TPSA) is 58.2 Å². The van der Waals surface area contributed by atoms with E-state index in [1.54, 1.807) is 0 Å². The first-order valence-corrected chi connectivity index (χ1v) is 11.9. The molecule has 0 spiro atoms. The van der Waals surface area contributed by atoms with E-state index in [-0.39, 0.29) is 18.0 Å². The largest absolute Gasteiger partial charge is 0.494 e. The van der Waals surface area contributed by atoms with Crippen molar-refractivity contribution in [2.45, 2.75) is 64.5 Å². The van der Waals surface area contributed by atoms with E-state index in [2.05, 4.69) is 65.3 Å². The Hall–Kier alpha value is -3.08. The van der Waals surface area contributed by atoms with Crippen LogP contribution in [0.3, 0.4) is 0 Å². The smallest absolute Gasteiger partial charge is 0.273 e. The fraction of sp³-hybridized carbons (Fsp3) is 0.407. The van der Waals surface area contributed by atoms with Crippen LogP contribution in [0, 0.1) is 6.92 Å². The second-order valence-corrected chi connectivity index (χ2v) is 9.05. The van der Waals surface area contributed by atoms with Crippen molar-refractivity contribution >= 4 is 5.91 Å². The standard InChI is InChI=1S/C27H31N3O2/c1-3-16-32-22-11-7-8-20(17-22)26-23-24(19-14-12-18(2)13-15-19)28-29-25(23)27(31)30(26)21-9-5-4-6-10-21/h7-8,11-15,17,21,26H,3-6,9-10,16H2,1-2H3,(H,28,29). The van der Waals surface area contributed by atoms with Crippen LogP contribution in [0.25, 0.3) is 11.3 Å². The van der Waals surface area contributed by atoms with Gasteiger partial charge in [0.1, 0.15) is 11.4 Å². The maximum atomic E-state index is 13.7. The van der Waals surface area contributed by atoms with E-state index in [0.29, 0.717) is 12.3 Å². The van der Waals surface area contributed by atoms with Gasteiger partial charge in [0.05, 0.1) is 18.3 Å². The number of nitrogens with zero attached hydrogens (tertiary/aromatic N) is 2. The van der Waals surface area contributed by atoms with Crippen molar-refractivity contribution in [2.24, 2.45) is 0 Å². The summed E-state index contributed by atoms with van der Waals surface area (Å²) in [5.74, 6) is 0.928. The van der Waals surface area contributed by atoms with Crippen molar-refractivity contribution in [3.05, 3.63) is 70.9 Å². The van der Waals surface area contributed by atoms with Gasteiger partial charge in [-0.2, -0.15) is 5.10 Å². The second kappa shape index (κ2) is 8.81. The Kier molecular flexibility index (Phi) is 5.73. The highest BCUT2D eigenvalue weighted by atomic mass is 16.5. The van der Waals surface area contributed by atoms with Gasteiger partial charge in [0.2, 0.25) is 0 Å². The van der Waals surface area contributed by atoms with Crippen molar-refractivity contribution < 1.29 is 9.53 Å². The predicted octanol–water partition coefficient (Wildman–Crippen LogP) is 6.05. The summed E-state index contributed by atoms with van der Waals surface area (Å²) in [6, 6.07) is 16.7. The number of aromatic nitrogens is 2. The molecule has 0 radical (unpaired) electrons. The van der Waals surface area contributed by atoms with Gasteiger partial charge >= 0.3 is 0 Å². The molecule has 5 heteroatoms. The molecule has 166 valence electrons. The third-order valence-corrected chi connectivity index (χ3v) is 6.74. The molecule has 0 bridgehead atoms. The van der Waals surface area contributed by atoms with Crippen LogP contribution in [0.15, 0.2) is 48.5 Å². The van der Waals surface area contributed by atoms with Crippen LogP contribution >= 0.6 is 0 Å². The van der Waals surface area contributed by atoms with E-state index >= 15 is 0 Å². The third kappa shape index (κ3) is 3.70. The highest BCUT2D eigenvalue weighted by Gasteiger charge is 2.45. The minimum atomic E-state index is -0.152. The Bertz CT molecular complexity index is 1100. The second-order valence-electron chi connectivity index (χ2n) is 9.05. The van der Waals surface area contributed by atoms with Gasteiger partial charge in [-0.05, 0) is 43.9 Å². The maximum Gasteiger partial charge on any atom is 0.273 e. The van der Waals surface area contributed by atoms with E-state index < -0.39 is 0 Å². The molecular weight excluding hydrogens is 398 g/mol. The summed E-state index contributed by atoms with van der Waals surface area (Å²) in [5, 5.41) is 7.71. The van der Waals surface area contributed by atoms with Crippen molar-refractivity contribution in [3.63, 3.8) is 0 Å². The number of ether oxygens (including phenoxy) is 1. The van der Waals surface area contributed by atoms with E-state index in [1.807, 2.05) is 12.1 Å². The zero-order chi connectivity index (χ0) is 22.1. The van der Waals surface area contributed by atoms with E-state index in [9.17, 15) is 4.79 Å². The average Bonchev–Trinajstić information content (AvgIpc) is 3.38. The lowest BCUT2D eigenvalue weighted by atomic mass is 9.91. The number of rotatable bonds is 6. The Labute approximate surface area is 189 Å². The third-order valence-electron chi connectivity index (χ3n) is 6.74. The number of nitrogens with one attached hydrogen (secondary N) is 1. The van der Waals surface area contributed by atoms with E-state index in [0.717, 1.165) is 47.4 Å².